The number of nitrogens with one attached hydrogen (secondary N) is 1. The van der Waals surface area contributed by atoms with E-state index in [4.69, 9.17) is 5.11 Å². The van der Waals surface area contributed by atoms with Gasteiger partial charge in [-0.3, -0.25) is 9.59 Å². The summed E-state index contributed by atoms with van der Waals surface area (Å²) in [6.07, 6.45) is -5.74. The maximum Gasteiger partial charge on any atom is 0.471 e. The zero-order valence-corrected chi connectivity index (χ0v) is 10.1. The fraction of sp³-hybridized carbons (Fsp3) is 0.700. The molecule has 2 N–H and O–H groups in total. The third-order valence-corrected chi connectivity index (χ3v) is 1.94. The van der Waals surface area contributed by atoms with E-state index in [-0.39, 0.29) is 6.61 Å². The van der Waals surface area contributed by atoms with E-state index in [2.05, 4.69) is 4.74 Å². The normalized spacial score (nSPS) is 12.6. The number of halogens is 3. The molecule has 19 heavy (non-hydrogen) atoms. The van der Waals surface area contributed by atoms with Crippen molar-refractivity contribution in [2.24, 2.45) is 0 Å². The average Bonchev–Trinajstić information content (AvgIpc) is 2.29. The minimum atomic E-state index is -5.15. The Kier molecular flexibility index (Phi) is 6.87. The fourth-order valence-electron chi connectivity index (χ4n) is 1.06. The number of carboxylic acids is 1. The highest BCUT2D eigenvalue weighted by molar-refractivity contribution is 5.87. The SMILES string of the molecule is CCCOC(=O)[C@H](CCC(=O)O)NC(=O)C(F)(F)F. The lowest BCUT2D eigenvalue weighted by Crippen LogP contribution is -2.47. The Balaban J connectivity index is 4.62. The monoisotopic (exact) mass is 285 g/mol. The minimum absolute atomic E-state index is 0.0235. The maximum atomic E-state index is 12.0. The summed E-state index contributed by atoms with van der Waals surface area (Å²) < 4.78 is 40.7. The van der Waals surface area contributed by atoms with Gasteiger partial charge in [0.1, 0.15) is 6.04 Å². The van der Waals surface area contributed by atoms with Gasteiger partial charge in [-0.1, -0.05) is 6.92 Å². The second-order valence-electron chi connectivity index (χ2n) is 3.62. The number of rotatable bonds is 7. The van der Waals surface area contributed by atoms with Crippen LogP contribution in [-0.2, 0) is 19.1 Å². The van der Waals surface area contributed by atoms with E-state index >= 15 is 0 Å². The van der Waals surface area contributed by atoms with Crippen LogP contribution in [0.3, 0.4) is 0 Å². The van der Waals surface area contributed by atoms with Crippen molar-refractivity contribution in [3.63, 3.8) is 0 Å². The molecule has 6 nitrogen and oxygen atoms in total. The zero-order valence-electron chi connectivity index (χ0n) is 10.1. The first-order chi connectivity index (χ1) is 8.68. The van der Waals surface area contributed by atoms with Gasteiger partial charge in [0.25, 0.3) is 0 Å². The van der Waals surface area contributed by atoms with E-state index < -0.39 is 42.9 Å². The Labute approximate surface area is 106 Å². The average molecular weight is 285 g/mol. The first kappa shape index (κ1) is 17.2. The van der Waals surface area contributed by atoms with E-state index in [1.165, 1.54) is 5.32 Å². The smallest absolute Gasteiger partial charge is 0.471 e. The van der Waals surface area contributed by atoms with Gasteiger partial charge < -0.3 is 15.2 Å². The standard InChI is InChI=1S/C10H14F3NO5/c1-2-5-19-8(17)6(3-4-7(15)16)14-9(18)10(11,12)13/h6H,2-5H2,1H3,(H,14,18)(H,15,16)/t6-/m0/s1. The number of carbonyl (C=O) groups excluding carboxylic acids is 2. The van der Waals surface area contributed by atoms with E-state index in [1.54, 1.807) is 6.92 Å². The molecule has 0 saturated heterocycles. The quantitative estimate of drug-likeness (QED) is 0.676. The van der Waals surface area contributed by atoms with Crippen molar-refractivity contribution in [1.29, 1.82) is 0 Å². The highest BCUT2D eigenvalue weighted by Crippen LogP contribution is 2.15. The van der Waals surface area contributed by atoms with Crippen LogP contribution in [0.1, 0.15) is 26.2 Å². The lowest BCUT2D eigenvalue weighted by molar-refractivity contribution is -0.176. The van der Waals surface area contributed by atoms with Crippen molar-refractivity contribution in [2.75, 3.05) is 6.61 Å². The molecule has 0 spiro atoms. The molecule has 1 amide bonds. The number of hydrogen-bond acceptors (Lipinski definition) is 4. The van der Waals surface area contributed by atoms with Crippen LogP contribution in [0.15, 0.2) is 0 Å². The number of carbonyl (C=O) groups is 3. The maximum absolute atomic E-state index is 12.0. The summed E-state index contributed by atoms with van der Waals surface area (Å²) in [4.78, 5) is 32.4. The molecule has 0 heterocycles. The number of aliphatic carboxylic acids is 1. The van der Waals surface area contributed by atoms with Crippen molar-refractivity contribution >= 4 is 17.8 Å². The van der Waals surface area contributed by atoms with E-state index in [9.17, 15) is 27.6 Å². The molecule has 0 aromatic rings. The van der Waals surface area contributed by atoms with Crippen molar-refractivity contribution in [3.8, 4) is 0 Å². The molecule has 0 aliphatic carbocycles. The van der Waals surface area contributed by atoms with E-state index in [0.29, 0.717) is 6.42 Å². The number of esters is 1. The Morgan fingerprint density at radius 1 is 1.32 bits per heavy atom. The van der Waals surface area contributed by atoms with Crippen LogP contribution < -0.4 is 5.32 Å². The third kappa shape index (κ3) is 7.27. The van der Waals surface area contributed by atoms with Gasteiger partial charge >= 0.3 is 24.0 Å². The molecular formula is C10H14F3NO5. The Morgan fingerprint density at radius 2 is 1.89 bits per heavy atom. The highest BCUT2D eigenvalue weighted by atomic mass is 19.4. The molecule has 0 aliphatic rings. The van der Waals surface area contributed by atoms with Gasteiger partial charge in [-0.25, -0.2) is 4.79 Å². The van der Waals surface area contributed by atoms with Crippen LogP contribution in [0.4, 0.5) is 13.2 Å². The van der Waals surface area contributed by atoms with Crippen LogP contribution >= 0.6 is 0 Å². The van der Waals surface area contributed by atoms with Crippen LogP contribution in [-0.4, -0.2) is 41.8 Å². The molecule has 1 atom stereocenters. The number of amides is 1. The van der Waals surface area contributed by atoms with Crippen molar-refractivity contribution in [1.82, 2.24) is 5.32 Å². The molecule has 0 saturated carbocycles. The molecule has 0 rings (SSSR count). The molecule has 0 aromatic carbocycles. The lowest BCUT2D eigenvalue weighted by atomic mass is 10.1. The molecule has 0 unspecified atom stereocenters. The third-order valence-electron chi connectivity index (χ3n) is 1.94. The number of alkyl halides is 3. The van der Waals surface area contributed by atoms with Gasteiger partial charge in [-0.2, -0.15) is 13.2 Å². The molecule has 110 valence electrons. The van der Waals surface area contributed by atoms with Crippen LogP contribution in [0.2, 0.25) is 0 Å². The summed E-state index contributed by atoms with van der Waals surface area (Å²) in [5.41, 5.74) is 0. The molecular weight excluding hydrogens is 271 g/mol. The largest absolute Gasteiger partial charge is 0.481 e. The predicted molar refractivity (Wildman–Crippen MR) is 56.1 cm³/mol. The summed E-state index contributed by atoms with van der Waals surface area (Å²) in [7, 11) is 0. The molecule has 0 aliphatic heterocycles. The van der Waals surface area contributed by atoms with Crippen molar-refractivity contribution in [2.45, 2.75) is 38.4 Å². The molecule has 0 radical (unpaired) electrons. The lowest BCUT2D eigenvalue weighted by Gasteiger charge is -2.17. The van der Waals surface area contributed by atoms with Crippen LogP contribution in [0, 0.1) is 0 Å². The van der Waals surface area contributed by atoms with Gasteiger partial charge in [-0.05, 0) is 12.8 Å². The summed E-state index contributed by atoms with van der Waals surface area (Å²) >= 11 is 0. The fourth-order valence-corrected chi connectivity index (χ4v) is 1.06. The topological polar surface area (TPSA) is 92.7 Å². The van der Waals surface area contributed by atoms with Gasteiger partial charge in [0, 0.05) is 6.42 Å². The highest BCUT2D eigenvalue weighted by Gasteiger charge is 2.41. The number of carboxylic acid groups (broad SMARTS) is 1. The van der Waals surface area contributed by atoms with Crippen LogP contribution in [0.5, 0.6) is 0 Å². The van der Waals surface area contributed by atoms with E-state index in [0.717, 1.165) is 0 Å². The van der Waals surface area contributed by atoms with Gasteiger partial charge in [0.15, 0.2) is 0 Å². The minimum Gasteiger partial charge on any atom is -0.481 e. The second-order valence-corrected chi connectivity index (χ2v) is 3.62. The Hall–Kier alpha value is -1.80. The summed E-state index contributed by atoms with van der Waals surface area (Å²) in [6.45, 7) is 1.65. The van der Waals surface area contributed by atoms with E-state index in [1.807, 2.05) is 0 Å². The Bertz CT molecular complexity index is 343. The molecule has 9 heteroatoms. The summed E-state index contributed by atoms with van der Waals surface area (Å²) in [5, 5.41) is 9.85. The van der Waals surface area contributed by atoms with Gasteiger partial charge in [0.2, 0.25) is 0 Å². The Morgan fingerprint density at radius 3 is 2.32 bits per heavy atom. The molecule has 0 bridgehead atoms. The van der Waals surface area contributed by atoms with Gasteiger partial charge in [-0.15, -0.1) is 0 Å². The number of hydrogen-bond donors (Lipinski definition) is 2. The van der Waals surface area contributed by atoms with Crippen molar-refractivity contribution in [3.05, 3.63) is 0 Å². The molecule has 0 aromatic heterocycles. The first-order valence-corrected chi connectivity index (χ1v) is 5.44. The van der Waals surface area contributed by atoms with Crippen LogP contribution in [0.25, 0.3) is 0 Å². The number of ether oxygens (including phenoxy) is 1. The summed E-state index contributed by atoms with van der Waals surface area (Å²) in [5.74, 6) is -4.69. The van der Waals surface area contributed by atoms with Crippen molar-refractivity contribution < 1.29 is 37.4 Å². The second kappa shape index (κ2) is 7.59. The molecule has 0 fully saturated rings. The zero-order chi connectivity index (χ0) is 15.1. The van der Waals surface area contributed by atoms with Gasteiger partial charge in [0.05, 0.1) is 6.61 Å². The predicted octanol–water partition coefficient (Wildman–Crippen LogP) is 0.851. The summed E-state index contributed by atoms with van der Waals surface area (Å²) in [6, 6.07) is -1.63. The first-order valence-electron chi connectivity index (χ1n) is 5.44.